The Morgan fingerprint density at radius 1 is 0.963 bits per heavy atom. The lowest BCUT2D eigenvalue weighted by Gasteiger charge is -2.15. The largest absolute Gasteiger partial charge is 0.497 e. The minimum atomic E-state index is -0.785. The Bertz CT molecular complexity index is 864. The molecule has 1 heterocycles. The molecule has 0 spiro atoms. The second-order valence-electron chi connectivity index (χ2n) is 5.85. The third-order valence-corrected chi connectivity index (χ3v) is 4.04. The number of benzene rings is 2. The summed E-state index contributed by atoms with van der Waals surface area (Å²) in [6.07, 6.45) is -0.785. The molecule has 140 valence electrons. The standard InChI is InChI=1S/C20H20FN3O3/c1-26-16-9-14(10-17(11-16)27-2)19(25)12-22-20-8-7-18(23-24-20)13-3-5-15(21)6-4-13/h3-11,19,25H,12H2,1-2H3,(H,22,24). The molecule has 7 heteroatoms. The van der Waals surface area contributed by atoms with Gasteiger partial charge in [0, 0.05) is 18.2 Å². The molecule has 1 unspecified atom stereocenters. The first-order valence-electron chi connectivity index (χ1n) is 8.33. The van der Waals surface area contributed by atoms with E-state index in [0.717, 1.165) is 5.56 Å². The van der Waals surface area contributed by atoms with Gasteiger partial charge in [-0.05, 0) is 54.1 Å². The van der Waals surface area contributed by atoms with E-state index in [2.05, 4.69) is 15.5 Å². The van der Waals surface area contributed by atoms with Crippen molar-refractivity contribution in [1.82, 2.24) is 10.2 Å². The van der Waals surface area contributed by atoms with Crippen LogP contribution in [0.25, 0.3) is 11.3 Å². The van der Waals surface area contributed by atoms with Crippen molar-refractivity contribution in [3.63, 3.8) is 0 Å². The Morgan fingerprint density at radius 3 is 2.19 bits per heavy atom. The Labute approximate surface area is 156 Å². The van der Waals surface area contributed by atoms with Gasteiger partial charge in [0.05, 0.1) is 26.0 Å². The molecule has 3 aromatic rings. The quantitative estimate of drug-likeness (QED) is 0.664. The van der Waals surface area contributed by atoms with Crippen molar-refractivity contribution in [2.45, 2.75) is 6.10 Å². The maximum atomic E-state index is 13.0. The molecule has 1 aromatic heterocycles. The van der Waals surface area contributed by atoms with Crippen LogP contribution in [0.2, 0.25) is 0 Å². The summed E-state index contributed by atoms with van der Waals surface area (Å²) in [6, 6.07) is 14.8. The summed E-state index contributed by atoms with van der Waals surface area (Å²) < 4.78 is 23.4. The fourth-order valence-electron chi connectivity index (χ4n) is 2.54. The molecule has 1 atom stereocenters. The Balaban J connectivity index is 1.65. The predicted molar refractivity (Wildman–Crippen MR) is 100 cm³/mol. The van der Waals surface area contributed by atoms with E-state index in [1.54, 1.807) is 56.7 Å². The maximum absolute atomic E-state index is 13.0. The van der Waals surface area contributed by atoms with Gasteiger partial charge in [-0.25, -0.2) is 4.39 Å². The average molecular weight is 369 g/mol. The van der Waals surface area contributed by atoms with Crippen LogP contribution in [0.1, 0.15) is 11.7 Å². The molecule has 0 aliphatic heterocycles. The second-order valence-corrected chi connectivity index (χ2v) is 5.85. The average Bonchev–Trinajstić information content (AvgIpc) is 2.72. The van der Waals surface area contributed by atoms with Gasteiger partial charge in [-0.15, -0.1) is 10.2 Å². The van der Waals surface area contributed by atoms with Crippen molar-refractivity contribution in [3.8, 4) is 22.8 Å². The van der Waals surface area contributed by atoms with Gasteiger partial charge in [0.25, 0.3) is 0 Å². The van der Waals surface area contributed by atoms with Gasteiger partial charge >= 0.3 is 0 Å². The zero-order chi connectivity index (χ0) is 19.2. The number of aromatic nitrogens is 2. The monoisotopic (exact) mass is 369 g/mol. The molecule has 0 saturated heterocycles. The second kappa shape index (κ2) is 8.46. The molecule has 0 aliphatic carbocycles. The first-order valence-corrected chi connectivity index (χ1v) is 8.33. The molecular weight excluding hydrogens is 349 g/mol. The topological polar surface area (TPSA) is 76.5 Å². The van der Waals surface area contributed by atoms with Crippen LogP contribution in [-0.2, 0) is 0 Å². The number of aliphatic hydroxyl groups excluding tert-OH is 1. The summed E-state index contributed by atoms with van der Waals surface area (Å²) >= 11 is 0. The van der Waals surface area contributed by atoms with Crippen molar-refractivity contribution in [2.75, 3.05) is 26.1 Å². The molecule has 3 rings (SSSR count). The molecule has 2 N–H and O–H groups in total. The summed E-state index contributed by atoms with van der Waals surface area (Å²) in [7, 11) is 3.11. The van der Waals surface area contributed by atoms with Gasteiger partial charge < -0.3 is 19.9 Å². The first kappa shape index (κ1) is 18.6. The van der Waals surface area contributed by atoms with E-state index in [4.69, 9.17) is 9.47 Å². The lowest BCUT2D eigenvalue weighted by molar-refractivity contribution is 0.190. The molecule has 0 fully saturated rings. The molecule has 0 radical (unpaired) electrons. The van der Waals surface area contributed by atoms with Crippen molar-refractivity contribution < 1.29 is 19.0 Å². The number of methoxy groups -OCH3 is 2. The van der Waals surface area contributed by atoms with Crippen LogP contribution in [0.5, 0.6) is 11.5 Å². The number of aliphatic hydroxyl groups is 1. The van der Waals surface area contributed by atoms with Crippen molar-refractivity contribution in [1.29, 1.82) is 0 Å². The normalized spacial score (nSPS) is 11.7. The highest BCUT2D eigenvalue weighted by atomic mass is 19.1. The highest BCUT2D eigenvalue weighted by Gasteiger charge is 2.11. The fourth-order valence-corrected chi connectivity index (χ4v) is 2.54. The third kappa shape index (κ3) is 4.71. The highest BCUT2D eigenvalue weighted by molar-refractivity contribution is 5.59. The van der Waals surface area contributed by atoms with E-state index in [9.17, 15) is 9.50 Å². The van der Waals surface area contributed by atoms with Crippen LogP contribution < -0.4 is 14.8 Å². The van der Waals surface area contributed by atoms with Crippen LogP contribution in [0.4, 0.5) is 10.2 Å². The van der Waals surface area contributed by atoms with Crippen molar-refractivity contribution in [3.05, 3.63) is 66.0 Å². The van der Waals surface area contributed by atoms with E-state index in [0.29, 0.717) is 28.6 Å². The van der Waals surface area contributed by atoms with Crippen LogP contribution in [0, 0.1) is 5.82 Å². The van der Waals surface area contributed by atoms with E-state index >= 15 is 0 Å². The number of anilines is 1. The number of hydrogen-bond acceptors (Lipinski definition) is 6. The summed E-state index contributed by atoms with van der Waals surface area (Å²) in [4.78, 5) is 0. The Morgan fingerprint density at radius 2 is 1.63 bits per heavy atom. The van der Waals surface area contributed by atoms with Gasteiger partial charge in [0.1, 0.15) is 23.1 Å². The van der Waals surface area contributed by atoms with Crippen molar-refractivity contribution in [2.24, 2.45) is 0 Å². The minimum Gasteiger partial charge on any atom is -0.497 e. The Kier molecular flexibility index (Phi) is 5.83. The van der Waals surface area contributed by atoms with Crippen LogP contribution >= 0.6 is 0 Å². The zero-order valence-corrected chi connectivity index (χ0v) is 15.0. The van der Waals surface area contributed by atoms with E-state index in [-0.39, 0.29) is 12.4 Å². The van der Waals surface area contributed by atoms with Gasteiger partial charge in [0.2, 0.25) is 0 Å². The number of ether oxygens (including phenoxy) is 2. The number of nitrogens with one attached hydrogen (secondary N) is 1. The summed E-state index contributed by atoms with van der Waals surface area (Å²) in [5.74, 6) is 1.43. The van der Waals surface area contributed by atoms with E-state index in [1.807, 2.05) is 0 Å². The summed E-state index contributed by atoms with van der Waals surface area (Å²) in [6.45, 7) is 0.237. The minimum absolute atomic E-state index is 0.237. The van der Waals surface area contributed by atoms with Gasteiger partial charge in [-0.1, -0.05) is 0 Å². The smallest absolute Gasteiger partial charge is 0.148 e. The molecule has 27 heavy (non-hydrogen) atoms. The summed E-state index contributed by atoms with van der Waals surface area (Å²) in [5.41, 5.74) is 2.08. The van der Waals surface area contributed by atoms with Gasteiger partial charge in [0.15, 0.2) is 0 Å². The highest BCUT2D eigenvalue weighted by Crippen LogP contribution is 2.26. The first-order chi connectivity index (χ1) is 13.1. The Hall–Kier alpha value is -3.19. The predicted octanol–water partition coefficient (Wildman–Crippen LogP) is 3.45. The van der Waals surface area contributed by atoms with E-state index < -0.39 is 6.10 Å². The van der Waals surface area contributed by atoms with Gasteiger partial charge in [-0.3, -0.25) is 0 Å². The van der Waals surface area contributed by atoms with Gasteiger partial charge in [-0.2, -0.15) is 0 Å². The van der Waals surface area contributed by atoms with Crippen LogP contribution in [0.3, 0.4) is 0 Å². The number of nitrogens with zero attached hydrogens (tertiary/aromatic N) is 2. The van der Waals surface area contributed by atoms with E-state index in [1.165, 1.54) is 12.1 Å². The number of halogens is 1. The lowest BCUT2D eigenvalue weighted by atomic mass is 10.1. The zero-order valence-electron chi connectivity index (χ0n) is 15.0. The molecular formula is C20H20FN3O3. The molecule has 2 aromatic carbocycles. The summed E-state index contributed by atoms with van der Waals surface area (Å²) in [5, 5.41) is 21.7. The molecule has 0 aliphatic rings. The lowest BCUT2D eigenvalue weighted by Crippen LogP contribution is -2.13. The third-order valence-electron chi connectivity index (χ3n) is 4.04. The SMILES string of the molecule is COc1cc(OC)cc(C(O)CNc2ccc(-c3ccc(F)cc3)nn2)c1. The number of hydrogen-bond donors (Lipinski definition) is 2. The molecule has 0 bridgehead atoms. The van der Waals surface area contributed by atoms with Crippen LogP contribution in [0.15, 0.2) is 54.6 Å². The number of rotatable bonds is 7. The van der Waals surface area contributed by atoms with Crippen LogP contribution in [-0.4, -0.2) is 36.1 Å². The molecule has 0 amide bonds. The van der Waals surface area contributed by atoms with Crippen molar-refractivity contribution >= 4 is 5.82 Å². The maximum Gasteiger partial charge on any atom is 0.148 e. The molecule has 0 saturated carbocycles. The fraction of sp³-hybridized carbons (Fsp3) is 0.200. The molecule has 6 nitrogen and oxygen atoms in total.